The summed E-state index contributed by atoms with van der Waals surface area (Å²) < 4.78 is 0. The largest absolute Gasteiger partial charge is 0.369 e. The molecule has 80 valence electrons. The SMILES string of the molecule is CC(C)NNC1(O)N=C(N)NC(N)=N1. The molecule has 1 rings (SSSR count). The average molecular weight is 201 g/mol. The number of nitrogens with two attached hydrogens (primary N) is 2. The van der Waals surface area contributed by atoms with E-state index in [1.165, 1.54) is 0 Å². The van der Waals surface area contributed by atoms with Crippen LogP contribution in [0.25, 0.3) is 0 Å². The third kappa shape index (κ3) is 2.83. The van der Waals surface area contributed by atoms with Crippen molar-refractivity contribution in [3.63, 3.8) is 0 Å². The van der Waals surface area contributed by atoms with Crippen molar-refractivity contribution >= 4 is 11.9 Å². The van der Waals surface area contributed by atoms with Gasteiger partial charge in [0.15, 0.2) is 0 Å². The maximum atomic E-state index is 9.71. The van der Waals surface area contributed by atoms with Crippen LogP contribution < -0.4 is 27.6 Å². The van der Waals surface area contributed by atoms with E-state index in [0.29, 0.717) is 0 Å². The van der Waals surface area contributed by atoms with Crippen LogP contribution in [0.4, 0.5) is 0 Å². The lowest BCUT2D eigenvalue weighted by atomic mass is 10.4. The van der Waals surface area contributed by atoms with Crippen molar-refractivity contribution in [1.82, 2.24) is 16.2 Å². The Morgan fingerprint density at radius 1 is 1.36 bits per heavy atom. The third-order valence-corrected chi connectivity index (χ3v) is 1.34. The second-order valence-electron chi connectivity index (χ2n) is 3.18. The zero-order valence-electron chi connectivity index (χ0n) is 8.07. The molecule has 0 aliphatic carbocycles. The van der Waals surface area contributed by atoms with Crippen molar-refractivity contribution in [3.05, 3.63) is 0 Å². The predicted molar refractivity (Wildman–Crippen MR) is 52.7 cm³/mol. The van der Waals surface area contributed by atoms with Crippen LogP contribution in [0.1, 0.15) is 13.8 Å². The summed E-state index contributed by atoms with van der Waals surface area (Å²) in [6.07, 6.45) is 0. The molecule has 8 heteroatoms. The summed E-state index contributed by atoms with van der Waals surface area (Å²) in [5.41, 5.74) is 15.9. The van der Waals surface area contributed by atoms with E-state index in [2.05, 4.69) is 26.2 Å². The minimum Gasteiger partial charge on any atom is -0.369 e. The molecular formula is C6H15N7O. The van der Waals surface area contributed by atoms with Crippen molar-refractivity contribution < 1.29 is 5.11 Å². The van der Waals surface area contributed by atoms with Crippen LogP contribution in [-0.4, -0.2) is 29.0 Å². The number of nitrogens with zero attached hydrogens (tertiary/aromatic N) is 2. The van der Waals surface area contributed by atoms with Crippen molar-refractivity contribution in [2.75, 3.05) is 0 Å². The van der Waals surface area contributed by atoms with Gasteiger partial charge in [-0.15, -0.1) is 0 Å². The van der Waals surface area contributed by atoms with E-state index in [1.54, 1.807) is 0 Å². The van der Waals surface area contributed by atoms with E-state index in [9.17, 15) is 5.11 Å². The number of hydrogen-bond donors (Lipinski definition) is 6. The van der Waals surface area contributed by atoms with Crippen molar-refractivity contribution in [2.45, 2.75) is 25.9 Å². The standard InChI is InChI=1S/C6H15N7O/c1-3(2)12-13-6(14)10-4(7)9-5(8)11-6/h3,12-14H,1-2H3,(H5,7,8,9,10,11). The Labute approximate surface area is 81.4 Å². The number of aliphatic imine (C=N–C) groups is 2. The van der Waals surface area contributed by atoms with Crippen molar-refractivity contribution in [1.29, 1.82) is 0 Å². The molecule has 0 saturated heterocycles. The Morgan fingerprint density at radius 2 is 1.86 bits per heavy atom. The Bertz CT molecular complexity index is 253. The molecule has 0 aromatic carbocycles. The molecular weight excluding hydrogens is 186 g/mol. The summed E-state index contributed by atoms with van der Waals surface area (Å²) in [4.78, 5) is 7.27. The summed E-state index contributed by atoms with van der Waals surface area (Å²) in [6.45, 7) is 3.77. The number of aliphatic hydroxyl groups is 1. The first-order chi connectivity index (χ1) is 6.41. The van der Waals surface area contributed by atoms with Crippen LogP contribution >= 0.6 is 0 Å². The molecule has 1 heterocycles. The van der Waals surface area contributed by atoms with Crippen LogP contribution in [-0.2, 0) is 0 Å². The van der Waals surface area contributed by atoms with Crippen LogP contribution in [0.2, 0.25) is 0 Å². The number of nitrogens with one attached hydrogen (secondary N) is 3. The highest BCUT2D eigenvalue weighted by Gasteiger charge is 2.29. The van der Waals surface area contributed by atoms with Crippen molar-refractivity contribution in [3.8, 4) is 0 Å². The Morgan fingerprint density at radius 3 is 2.29 bits per heavy atom. The fourth-order valence-corrected chi connectivity index (χ4v) is 0.845. The predicted octanol–water partition coefficient (Wildman–Crippen LogP) is -2.67. The van der Waals surface area contributed by atoms with E-state index in [1.807, 2.05) is 13.8 Å². The maximum Gasteiger partial charge on any atom is 0.337 e. The molecule has 0 radical (unpaired) electrons. The second-order valence-corrected chi connectivity index (χ2v) is 3.18. The van der Waals surface area contributed by atoms with Crippen LogP contribution in [0.3, 0.4) is 0 Å². The molecule has 1 aliphatic rings. The van der Waals surface area contributed by atoms with Gasteiger partial charge >= 0.3 is 5.97 Å². The molecule has 0 fully saturated rings. The first-order valence-corrected chi connectivity index (χ1v) is 4.14. The summed E-state index contributed by atoms with van der Waals surface area (Å²) in [5, 5.41) is 12.2. The molecule has 0 atom stereocenters. The third-order valence-electron chi connectivity index (χ3n) is 1.34. The molecule has 1 aliphatic heterocycles. The summed E-state index contributed by atoms with van der Waals surface area (Å²) in [5.74, 6) is -1.85. The first-order valence-electron chi connectivity index (χ1n) is 4.14. The summed E-state index contributed by atoms with van der Waals surface area (Å²) >= 11 is 0. The molecule has 8 N–H and O–H groups in total. The highest BCUT2D eigenvalue weighted by Crippen LogP contribution is 2.05. The number of guanidine groups is 2. The lowest BCUT2D eigenvalue weighted by molar-refractivity contribution is 0.00326. The van der Waals surface area contributed by atoms with Crippen LogP contribution in [0.5, 0.6) is 0 Å². The smallest absolute Gasteiger partial charge is 0.337 e. The zero-order chi connectivity index (χ0) is 10.8. The molecule has 0 spiro atoms. The number of hydrazine groups is 1. The first kappa shape index (κ1) is 10.7. The van der Waals surface area contributed by atoms with E-state index in [4.69, 9.17) is 11.5 Å². The van der Waals surface area contributed by atoms with Gasteiger partial charge in [-0.25, -0.2) is 5.43 Å². The molecule has 0 unspecified atom stereocenters. The minimum atomic E-state index is -1.84. The molecule has 0 bridgehead atoms. The molecule has 8 nitrogen and oxygen atoms in total. The Hall–Kier alpha value is -1.38. The van der Waals surface area contributed by atoms with Gasteiger partial charge in [-0.05, 0) is 13.8 Å². The topological polar surface area (TPSA) is 133 Å². The Kier molecular flexibility index (Phi) is 2.89. The Balaban J connectivity index is 2.67. The summed E-state index contributed by atoms with van der Waals surface area (Å²) in [7, 11) is 0. The lowest BCUT2D eigenvalue weighted by Gasteiger charge is -2.26. The van der Waals surface area contributed by atoms with Gasteiger partial charge in [-0.1, -0.05) is 0 Å². The molecule has 0 aromatic heterocycles. The van der Waals surface area contributed by atoms with Gasteiger partial charge in [0.05, 0.1) is 0 Å². The van der Waals surface area contributed by atoms with Crippen LogP contribution in [0, 0.1) is 0 Å². The highest BCUT2D eigenvalue weighted by atomic mass is 16.3. The van der Waals surface area contributed by atoms with Crippen LogP contribution in [0.15, 0.2) is 9.98 Å². The van der Waals surface area contributed by atoms with E-state index < -0.39 is 5.97 Å². The molecule has 0 amide bonds. The van der Waals surface area contributed by atoms with Gasteiger partial charge < -0.3 is 16.6 Å². The zero-order valence-corrected chi connectivity index (χ0v) is 8.07. The van der Waals surface area contributed by atoms with Gasteiger partial charge in [-0.2, -0.15) is 15.4 Å². The highest BCUT2D eigenvalue weighted by molar-refractivity contribution is 5.98. The average Bonchev–Trinajstić information content (AvgIpc) is 1.98. The molecule has 0 aromatic rings. The minimum absolute atomic E-state index is 0.00180. The monoisotopic (exact) mass is 201 g/mol. The second kappa shape index (κ2) is 3.78. The molecule has 14 heavy (non-hydrogen) atoms. The quantitative estimate of drug-likeness (QED) is 0.218. The van der Waals surface area contributed by atoms with Crippen molar-refractivity contribution in [2.24, 2.45) is 21.5 Å². The number of rotatable bonds is 3. The van der Waals surface area contributed by atoms with E-state index >= 15 is 0 Å². The fraction of sp³-hybridized carbons (Fsp3) is 0.667. The number of hydrogen-bond acceptors (Lipinski definition) is 8. The summed E-state index contributed by atoms with van der Waals surface area (Å²) in [6, 6.07) is 0.113. The van der Waals surface area contributed by atoms with E-state index in [0.717, 1.165) is 0 Å². The lowest BCUT2D eigenvalue weighted by Crippen LogP contribution is -2.59. The fourth-order valence-electron chi connectivity index (χ4n) is 0.845. The van der Waals surface area contributed by atoms with Gasteiger partial charge in [0, 0.05) is 6.04 Å². The van der Waals surface area contributed by atoms with Gasteiger partial charge in [-0.3, -0.25) is 5.32 Å². The van der Waals surface area contributed by atoms with Gasteiger partial charge in [0.2, 0.25) is 11.9 Å². The van der Waals surface area contributed by atoms with E-state index in [-0.39, 0.29) is 18.0 Å². The maximum absolute atomic E-state index is 9.71. The molecule has 0 saturated carbocycles. The van der Waals surface area contributed by atoms with Gasteiger partial charge in [0.1, 0.15) is 0 Å². The normalized spacial score (nSPS) is 20.0. The van der Waals surface area contributed by atoms with Gasteiger partial charge in [0.25, 0.3) is 0 Å².